The largest absolute Gasteiger partial charge is 0.298 e. The Balaban J connectivity index is 2.37. The average Bonchev–Trinajstić information content (AvgIpc) is 2.19. The molecular weight excluding hydrogens is 162 g/mol. The Morgan fingerprint density at radius 3 is 3.08 bits per heavy atom. The van der Waals surface area contributed by atoms with Crippen LogP contribution in [0.2, 0.25) is 0 Å². The number of ketones is 1. The van der Waals surface area contributed by atoms with Gasteiger partial charge in [0, 0.05) is 6.42 Å². The lowest BCUT2D eigenvalue weighted by Crippen LogP contribution is -2.41. The highest BCUT2D eigenvalue weighted by Gasteiger charge is 2.47. The molecule has 2 aliphatic rings. The summed E-state index contributed by atoms with van der Waals surface area (Å²) in [4.78, 5) is 11.7. The number of Topliss-reactive ketones (excluding diaryl/α,β-unsaturated/α-hetero) is 1. The molecule has 68 valence electrons. The molecule has 0 N–H and O–H groups in total. The number of carbonyl (C=O) groups is 1. The minimum absolute atomic E-state index is 0.176. The minimum Gasteiger partial charge on any atom is -0.298 e. The molecule has 2 heteroatoms. The Hall–Kier alpha value is -1.10. The maximum absolute atomic E-state index is 11.7. The van der Waals surface area contributed by atoms with Gasteiger partial charge in [0.2, 0.25) is 0 Å². The van der Waals surface area contributed by atoms with E-state index in [9.17, 15) is 4.79 Å². The van der Waals surface area contributed by atoms with E-state index in [1.165, 1.54) is 0 Å². The van der Waals surface area contributed by atoms with Crippen LogP contribution in [0.3, 0.4) is 0 Å². The molecule has 0 aromatic heterocycles. The summed E-state index contributed by atoms with van der Waals surface area (Å²) in [6.07, 6.45) is 8.29. The van der Waals surface area contributed by atoms with E-state index in [-0.39, 0.29) is 5.78 Å². The summed E-state index contributed by atoms with van der Waals surface area (Å²) in [6.45, 7) is 0. The zero-order chi connectivity index (χ0) is 9.31. The van der Waals surface area contributed by atoms with Gasteiger partial charge in [-0.2, -0.15) is 5.26 Å². The van der Waals surface area contributed by atoms with Crippen molar-refractivity contribution in [3.63, 3.8) is 0 Å². The highest BCUT2D eigenvalue weighted by molar-refractivity contribution is 5.89. The fourth-order valence-electron chi connectivity index (χ4n) is 2.53. The topological polar surface area (TPSA) is 40.9 Å². The third-order valence-corrected chi connectivity index (χ3v) is 3.38. The van der Waals surface area contributed by atoms with Crippen LogP contribution in [0.15, 0.2) is 12.2 Å². The van der Waals surface area contributed by atoms with E-state index in [1.807, 2.05) is 6.08 Å². The van der Waals surface area contributed by atoms with Crippen molar-refractivity contribution in [1.82, 2.24) is 0 Å². The van der Waals surface area contributed by atoms with E-state index in [1.54, 1.807) is 0 Å². The lowest BCUT2D eigenvalue weighted by atomic mass is 9.61. The van der Waals surface area contributed by atoms with Crippen molar-refractivity contribution in [3.8, 4) is 6.07 Å². The van der Waals surface area contributed by atoms with Crippen LogP contribution in [-0.2, 0) is 4.79 Å². The van der Waals surface area contributed by atoms with Gasteiger partial charge >= 0.3 is 0 Å². The Kier molecular flexibility index (Phi) is 1.95. The first-order valence-corrected chi connectivity index (χ1v) is 4.89. The summed E-state index contributed by atoms with van der Waals surface area (Å²) in [5.41, 5.74) is -0.646. The fourth-order valence-corrected chi connectivity index (χ4v) is 2.53. The Morgan fingerprint density at radius 1 is 1.54 bits per heavy atom. The molecule has 0 heterocycles. The van der Waals surface area contributed by atoms with Crippen LogP contribution < -0.4 is 0 Å². The standard InChI is InChI=1S/C11H13NO/c12-8-11-7-2-1-4-9(11)5-3-6-10(11)13/h1-2,9H,3-7H2/t9-,11+/m0/s1. The molecule has 2 nitrogen and oxygen atoms in total. The molecule has 1 saturated carbocycles. The number of rotatable bonds is 0. The molecule has 0 spiro atoms. The maximum Gasteiger partial charge on any atom is 0.153 e. The lowest BCUT2D eigenvalue weighted by molar-refractivity contribution is -0.131. The van der Waals surface area contributed by atoms with E-state index in [4.69, 9.17) is 5.26 Å². The summed E-state index contributed by atoms with van der Waals surface area (Å²) in [7, 11) is 0. The van der Waals surface area contributed by atoms with Gasteiger partial charge in [-0.15, -0.1) is 0 Å². The summed E-state index contributed by atoms with van der Waals surface area (Å²) < 4.78 is 0. The monoisotopic (exact) mass is 175 g/mol. The molecule has 0 aromatic rings. The van der Waals surface area contributed by atoms with Crippen LogP contribution in [0.25, 0.3) is 0 Å². The Labute approximate surface area is 78.2 Å². The van der Waals surface area contributed by atoms with Gasteiger partial charge in [-0.3, -0.25) is 4.79 Å². The van der Waals surface area contributed by atoms with Crippen LogP contribution >= 0.6 is 0 Å². The van der Waals surface area contributed by atoms with E-state index in [0.29, 0.717) is 18.8 Å². The van der Waals surface area contributed by atoms with E-state index < -0.39 is 5.41 Å². The van der Waals surface area contributed by atoms with Gasteiger partial charge < -0.3 is 0 Å². The minimum atomic E-state index is -0.646. The van der Waals surface area contributed by atoms with Gasteiger partial charge in [-0.05, 0) is 31.6 Å². The van der Waals surface area contributed by atoms with Gasteiger partial charge in [0.15, 0.2) is 5.78 Å². The molecular formula is C11H13NO. The van der Waals surface area contributed by atoms with Crippen molar-refractivity contribution in [2.24, 2.45) is 11.3 Å². The first-order valence-electron chi connectivity index (χ1n) is 4.89. The molecule has 1 fully saturated rings. The summed E-state index contributed by atoms with van der Waals surface area (Å²) in [5.74, 6) is 0.472. The van der Waals surface area contributed by atoms with Gasteiger partial charge in [-0.25, -0.2) is 0 Å². The number of fused-ring (bicyclic) bond motifs is 1. The normalized spacial score (nSPS) is 38.1. The molecule has 2 aliphatic carbocycles. The lowest BCUT2D eigenvalue weighted by Gasteiger charge is -2.38. The van der Waals surface area contributed by atoms with E-state index in [2.05, 4.69) is 12.1 Å². The van der Waals surface area contributed by atoms with Crippen LogP contribution in [-0.4, -0.2) is 5.78 Å². The third-order valence-electron chi connectivity index (χ3n) is 3.38. The molecule has 2 atom stereocenters. The molecule has 0 saturated heterocycles. The first-order chi connectivity index (χ1) is 6.29. The number of nitriles is 1. The van der Waals surface area contributed by atoms with Gasteiger partial charge in [0.1, 0.15) is 5.41 Å². The molecule has 0 radical (unpaired) electrons. The predicted octanol–water partition coefficient (Wildman–Crippen LogP) is 2.22. The van der Waals surface area contributed by atoms with Crippen molar-refractivity contribution in [2.75, 3.05) is 0 Å². The van der Waals surface area contributed by atoms with Gasteiger partial charge in [0.05, 0.1) is 6.07 Å². The summed E-state index contributed by atoms with van der Waals surface area (Å²) in [6, 6.07) is 2.27. The van der Waals surface area contributed by atoms with Crippen molar-refractivity contribution >= 4 is 5.78 Å². The third kappa shape index (κ3) is 1.11. The molecule has 0 aromatic carbocycles. The zero-order valence-corrected chi connectivity index (χ0v) is 7.62. The highest BCUT2D eigenvalue weighted by atomic mass is 16.1. The first kappa shape index (κ1) is 8.50. The van der Waals surface area contributed by atoms with Crippen molar-refractivity contribution in [1.29, 1.82) is 5.26 Å². The maximum atomic E-state index is 11.7. The molecule has 0 aliphatic heterocycles. The van der Waals surface area contributed by atoms with E-state index in [0.717, 1.165) is 19.3 Å². The quantitative estimate of drug-likeness (QED) is 0.529. The summed E-state index contributed by atoms with van der Waals surface area (Å²) in [5, 5.41) is 9.14. The highest BCUT2D eigenvalue weighted by Crippen LogP contribution is 2.45. The molecule has 0 amide bonds. The van der Waals surface area contributed by atoms with Crippen LogP contribution in [0.4, 0.5) is 0 Å². The number of nitrogens with zero attached hydrogens (tertiary/aromatic N) is 1. The smallest absolute Gasteiger partial charge is 0.153 e. The van der Waals surface area contributed by atoms with Gasteiger partial charge in [-0.1, -0.05) is 12.2 Å². The van der Waals surface area contributed by atoms with Crippen molar-refractivity contribution in [3.05, 3.63) is 12.2 Å². The molecule has 0 bridgehead atoms. The number of allylic oxidation sites excluding steroid dienone is 2. The number of hydrogen-bond acceptors (Lipinski definition) is 2. The SMILES string of the molecule is N#C[C@]12CC=CC[C@H]1CCCC2=O. The number of carbonyl (C=O) groups excluding carboxylic acids is 1. The second kappa shape index (κ2) is 2.99. The Morgan fingerprint density at radius 2 is 2.38 bits per heavy atom. The molecule has 0 unspecified atom stereocenters. The Bertz CT molecular complexity index is 300. The number of hydrogen-bond donors (Lipinski definition) is 0. The average molecular weight is 175 g/mol. The van der Waals surface area contributed by atoms with Crippen molar-refractivity contribution < 1.29 is 4.79 Å². The van der Waals surface area contributed by atoms with Crippen molar-refractivity contribution in [2.45, 2.75) is 32.1 Å². The van der Waals surface area contributed by atoms with E-state index >= 15 is 0 Å². The van der Waals surface area contributed by atoms with Gasteiger partial charge in [0.25, 0.3) is 0 Å². The summed E-state index contributed by atoms with van der Waals surface area (Å²) >= 11 is 0. The van der Waals surface area contributed by atoms with Crippen LogP contribution in [0, 0.1) is 22.7 Å². The second-order valence-corrected chi connectivity index (χ2v) is 4.01. The van der Waals surface area contributed by atoms with Crippen LogP contribution in [0.5, 0.6) is 0 Å². The second-order valence-electron chi connectivity index (χ2n) is 4.01. The predicted molar refractivity (Wildman–Crippen MR) is 48.8 cm³/mol. The molecule has 13 heavy (non-hydrogen) atoms. The zero-order valence-electron chi connectivity index (χ0n) is 7.62. The molecule has 2 rings (SSSR count). The fraction of sp³-hybridized carbons (Fsp3) is 0.636. The van der Waals surface area contributed by atoms with Crippen LogP contribution in [0.1, 0.15) is 32.1 Å².